The molecular weight excluding hydrogens is 144 g/mol. The largest absolute Gasteiger partial charge is 2.00 e. The fourth-order valence-corrected chi connectivity index (χ4v) is 0.784. The van der Waals surface area contributed by atoms with Crippen LogP contribution in [0.4, 0.5) is 0 Å². The number of halogens is 1. The van der Waals surface area contributed by atoms with Gasteiger partial charge in [-0.2, -0.15) is 0 Å². The molecule has 9 heavy (non-hydrogen) atoms. The van der Waals surface area contributed by atoms with Crippen molar-refractivity contribution in [1.29, 1.82) is 0 Å². The molecule has 0 amide bonds. The van der Waals surface area contributed by atoms with E-state index in [2.05, 4.69) is 13.8 Å². The Labute approximate surface area is 82.5 Å². The summed E-state index contributed by atoms with van der Waals surface area (Å²) in [5.41, 5.74) is 0. The van der Waals surface area contributed by atoms with Crippen molar-refractivity contribution in [3.63, 3.8) is 0 Å². The van der Waals surface area contributed by atoms with Gasteiger partial charge in [0.1, 0.15) is 0 Å². The van der Waals surface area contributed by atoms with Crippen LogP contribution in [0.25, 0.3) is 0 Å². The van der Waals surface area contributed by atoms with E-state index in [-0.39, 0.29) is 25.9 Å². The fourth-order valence-electron chi connectivity index (χ4n) is 0.630. The minimum absolute atomic E-state index is 0. The molecule has 0 N–H and O–H groups in total. The van der Waals surface area contributed by atoms with E-state index in [1.807, 2.05) is 0 Å². The van der Waals surface area contributed by atoms with Crippen LogP contribution in [0.2, 0.25) is 0 Å². The number of alkyl halides is 1. The summed E-state index contributed by atoms with van der Waals surface area (Å²) in [6, 6.07) is 0. The van der Waals surface area contributed by atoms with Crippen molar-refractivity contribution >= 4 is 34.7 Å². The molecule has 0 heterocycles. The molecule has 0 radical (unpaired) electrons. The third kappa shape index (κ3) is 9.06. The predicted octanol–water partition coefficient (Wildman–Crippen LogP) is 2.90. The molecule has 0 aromatic heterocycles. The molecule has 0 aromatic rings. The molecule has 1 unspecified atom stereocenters. The second kappa shape index (κ2) is 9.06. The maximum absolute atomic E-state index is 5.50. The van der Waals surface area contributed by atoms with E-state index in [1.54, 1.807) is 0 Å². The van der Waals surface area contributed by atoms with E-state index >= 15 is 0 Å². The van der Waals surface area contributed by atoms with Gasteiger partial charge in [-0.1, -0.05) is 20.3 Å². The Hall–Kier alpha value is 1.06. The molecule has 2 heteroatoms. The molecule has 0 aliphatic heterocycles. The summed E-state index contributed by atoms with van der Waals surface area (Å²) in [5.74, 6) is 1.69. The molecule has 0 bridgehead atoms. The van der Waals surface area contributed by atoms with Crippen LogP contribution in [0.1, 0.15) is 36.0 Å². The smallest absolute Gasteiger partial charge is 1.00 e. The van der Waals surface area contributed by atoms with Crippen LogP contribution in [0.5, 0.6) is 0 Å². The Morgan fingerprint density at radius 1 is 1.56 bits per heavy atom. The molecule has 0 saturated heterocycles. The number of hydrogen-bond donors (Lipinski definition) is 0. The Bertz CT molecular complexity index is 55.7. The van der Waals surface area contributed by atoms with Crippen molar-refractivity contribution in [2.75, 3.05) is 5.88 Å². The van der Waals surface area contributed by atoms with Gasteiger partial charge in [0.15, 0.2) is 0 Å². The van der Waals surface area contributed by atoms with Gasteiger partial charge in [0.2, 0.25) is 0 Å². The summed E-state index contributed by atoms with van der Waals surface area (Å²) in [6.07, 6.45) is 3.76. The van der Waals surface area contributed by atoms with Crippen LogP contribution in [-0.2, 0) is 0 Å². The number of hydrogen-bond acceptors (Lipinski definition) is 0. The second-order valence-corrected chi connectivity index (χ2v) is 2.72. The first-order valence-electron chi connectivity index (χ1n) is 3.37. The maximum Gasteiger partial charge on any atom is 2.00 e. The van der Waals surface area contributed by atoms with Gasteiger partial charge in [0.05, 0.1) is 0 Å². The zero-order chi connectivity index (χ0) is 6.41. The summed E-state index contributed by atoms with van der Waals surface area (Å²) in [6.45, 7) is 4.49. The van der Waals surface area contributed by atoms with Crippen molar-refractivity contribution in [1.82, 2.24) is 0 Å². The third-order valence-corrected chi connectivity index (χ3v) is 1.79. The summed E-state index contributed by atoms with van der Waals surface area (Å²) in [7, 11) is 0. The average Bonchev–Trinajstić information content (AvgIpc) is 1.83. The van der Waals surface area contributed by atoms with Crippen LogP contribution >= 0.6 is 11.6 Å². The van der Waals surface area contributed by atoms with Crippen LogP contribution in [0, 0.1) is 5.92 Å². The normalized spacial score (nSPS) is 12.3. The van der Waals surface area contributed by atoms with Gasteiger partial charge in [0.25, 0.3) is 0 Å². The van der Waals surface area contributed by atoms with E-state index in [0.717, 1.165) is 11.8 Å². The standard InChI is InChI=1S/C7H15Cl.Mg.2H/c1-3-7(2)5-4-6-8;;;/h7H,3-6H2,1-2H3;;;/q;+2;2*-1. The molecule has 0 aliphatic carbocycles. The molecule has 0 fully saturated rings. The molecule has 0 aromatic carbocycles. The molecule has 0 nitrogen and oxygen atoms in total. The minimum Gasteiger partial charge on any atom is -1.00 e. The second-order valence-electron chi connectivity index (χ2n) is 2.34. The maximum atomic E-state index is 5.50. The Balaban J connectivity index is -0.0000000817. The molecule has 0 spiro atoms. The van der Waals surface area contributed by atoms with Gasteiger partial charge in [-0.3, -0.25) is 0 Å². The van der Waals surface area contributed by atoms with E-state index < -0.39 is 0 Å². The summed E-state index contributed by atoms with van der Waals surface area (Å²) < 4.78 is 0. The molecule has 0 aliphatic rings. The van der Waals surface area contributed by atoms with Crippen molar-refractivity contribution in [2.24, 2.45) is 5.92 Å². The summed E-state index contributed by atoms with van der Waals surface area (Å²) >= 11 is 5.50. The van der Waals surface area contributed by atoms with Crippen LogP contribution in [0.15, 0.2) is 0 Å². The monoisotopic (exact) mass is 160 g/mol. The van der Waals surface area contributed by atoms with Crippen LogP contribution in [0.3, 0.4) is 0 Å². The van der Waals surface area contributed by atoms with Gasteiger partial charge < -0.3 is 2.85 Å². The summed E-state index contributed by atoms with van der Waals surface area (Å²) in [5, 5.41) is 0. The van der Waals surface area contributed by atoms with Crippen molar-refractivity contribution in [3.8, 4) is 0 Å². The van der Waals surface area contributed by atoms with Crippen molar-refractivity contribution < 1.29 is 2.85 Å². The fraction of sp³-hybridized carbons (Fsp3) is 1.00. The first-order chi connectivity index (χ1) is 3.81. The molecule has 0 saturated carbocycles. The third-order valence-electron chi connectivity index (χ3n) is 1.53. The van der Waals surface area contributed by atoms with E-state index in [9.17, 15) is 0 Å². The van der Waals surface area contributed by atoms with E-state index in [1.165, 1.54) is 19.3 Å². The Morgan fingerprint density at radius 2 is 2.11 bits per heavy atom. The molecule has 54 valence electrons. The SMILES string of the molecule is CCC(C)CCCCl.[H-].[H-].[Mg+2]. The van der Waals surface area contributed by atoms with E-state index in [0.29, 0.717) is 0 Å². The van der Waals surface area contributed by atoms with Gasteiger partial charge >= 0.3 is 23.1 Å². The predicted molar refractivity (Wildman–Crippen MR) is 47.4 cm³/mol. The zero-order valence-electron chi connectivity index (χ0n) is 8.49. The topological polar surface area (TPSA) is 0 Å². The average molecular weight is 161 g/mol. The van der Waals surface area contributed by atoms with Gasteiger partial charge in [-0.05, 0) is 18.8 Å². The molecule has 0 rings (SSSR count). The first kappa shape index (κ1) is 12.7. The van der Waals surface area contributed by atoms with Crippen LogP contribution < -0.4 is 0 Å². The van der Waals surface area contributed by atoms with Gasteiger partial charge in [-0.15, -0.1) is 11.6 Å². The quantitative estimate of drug-likeness (QED) is 0.439. The van der Waals surface area contributed by atoms with Crippen LogP contribution in [-0.4, -0.2) is 28.9 Å². The van der Waals surface area contributed by atoms with Gasteiger partial charge in [0, 0.05) is 5.88 Å². The Kier molecular flexibility index (Phi) is 12.8. The Morgan fingerprint density at radius 3 is 2.44 bits per heavy atom. The summed E-state index contributed by atoms with van der Waals surface area (Å²) in [4.78, 5) is 0. The molecular formula is C7H17ClMg. The first-order valence-corrected chi connectivity index (χ1v) is 3.90. The van der Waals surface area contributed by atoms with E-state index in [4.69, 9.17) is 11.6 Å². The van der Waals surface area contributed by atoms with Gasteiger partial charge in [-0.25, -0.2) is 0 Å². The number of rotatable bonds is 4. The molecule has 1 atom stereocenters. The van der Waals surface area contributed by atoms with Crippen molar-refractivity contribution in [3.05, 3.63) is 0 Å². The minimum atomic E-state index is 0. The van der Waals surface area contributed by atoms with Crippen molar-refractivity contribution in [2.45, 2.75) is 33.1 Å². The zero-order valence-corrected chi connectivity index (χ0v) is 8.66.